The summed E-state index contributed by atoms with van der Waals surface area (Å²) in [5, 5.41) is 13.1. The van der Waals surface area contributed by atoms with Crippen molar-refractivity contribution in [2.24, 2.45) is 0 Å². The second-order valence-electron chi connectivity index (χ2n) is 7.68. The van der Waals surface area contributed by atoms with E-state index in [1.807, 2.05) is 23.9 Å². The third-order valence-electron chi connectivity index (χ3n) is 5.55. The van der Waals surface area contributed by atoms with Crippen molar-refractivity contribution in [2.75, 3.05) is 57.1 Å². The first-order valence-corrected chi connectivity index (χ1v) is 9.91. The molecule has 1 fully saturated rings. The Labute approximate surface area is 161 Å². The van der Waals surface area contributed by atoms with Crippen LogP contribution in [0.2, 0.25) is 0 Å². The number of nitrogens with one attached hydrogen (secondary N) is 1. The lowest BCUT2D eigenvalue weighted by molar-refractivity contribution is -0.129. The second kappa shape index (κ2) is 8.84. The van der Waals surface area contributed by atoms with Gasteiger partial charge in [-0.05, 0) is 25.8 Å². The van der Waals surface area contributed by atoms with Crippen LogP contribution in [-0.2, 0) is 17.8 Å². The number of fused-ring (bicyclic) bond motifs is 1. The van der Waals surface area contributed by atoms with E-state index in [0.29, 0.717) is 19.0 Å². The van der Waals surface area contributed by atoms with Gasteiger partial charge in [0.1, 0.15) is 5.82 Å². The fraction of sp³-hybridized carbons (Fsp3) is 0.737. The molecule has 2 aliphatic rings. The molecule has 1 aromatic heterocycles. The number of nitrogens with zero attached hydrogens (tertiary/aromatic N) is 5. The summed E-state index contributed by atoms with van der Waals surface area (Å²) < 4.78 is 0. The van der Waals surface area contributed by atoms with Gasteiger partial charge in [-0.1, -0.05) is 6.42 Å². The molecule has 1 atom stereocenters. The van der Waals surface area contributed by atoms with Crippen LogP contribution in [0.5, 0.6) is 0 Å². The van der Waals surface area contributed by atoms with Gasteiger partial charge in [-0.25, -0.2) is 4.98 Å². The molecule has 0 spiro atoms. The molecule has 8 heteroatoms. The zero-order valence-electron chi connectivity index (χ0n) is 16.7. The molecule has 1 aromatic rings. The van der Waals surface area contributed by atoms with Gasteiger partial charge in [-0.2, -0.15) is 4.98 Å². The fourth-order valence-corrected chi connectivity index (χ4v) is 3.91. The largest absolute Gasteiger partial charge is 0.395 e. The number of amides is 1. The van der Waals surface area contributed by atoms with Crippen molar-refractivity contribution in [2.45, 2.75) is 45.2 Å². The predicted molar refractivity (Wildman–Crippen MR) is 106 cm³/mol. The maximum atomic E-state index is 11.7. The van der Waals surface area contributed by atoms with Gasteiger partial charge in [0.2, 0.25) is 11.9 Å². The van der Waals surface area contributed by atoms with Gasteiger partial charge in [0.15, 0.2) is 0 Å². The van der Waals surface area contributed by atoms with Gasteiger partial charge >= 0.3 is 0 Å². The number of anilines is 2. The summed E-state index contributed by atoms with van der Waals surface area (Å²) in [6.45, 7) is 5.81. The number of rotatable bonds is 6. The first kappa shape index (κ1) is 19.8. The molecule has 1 unspecified atom stereocenters. The minimum Gasteiger partial charge on any atom is -0.395 e. The molecule has 0 bridgehead atoms. The molecule has 0 radical (unpaired) electrons. The highest BCUT2D eigenvalue weighted by molar-refractivity contribution is 5.73. The first-order valence-electron chi connectivity index (χ1n) is 9.91. The van der Waals surface area contributed by atoms with E-state index < -0.39 is 0 Å². The summed E-state index contributed by atoms with van der Waals surface area (Å²) in [6.07, 6.45) is 4.25. The number of carbonyl (C=O) groups is 1. The molecule has 2 aliphatic heterocycles. The number of hydrogen-bond donors (Lipinski definition) is 2. The Hall–Kier alpha value is -1.93. The number of piperidine rings is 1. The Morgan fingerprint density at radius 1 is 1.30 bits per heavy atom. The Morgan fingerprint density at radius 2 is 2.11 bits per heavy atom. The summed E-state index contributed by atoms with van der Waals surface area (Å²) in [7, 11) is 3.85. The molecule has 1 saturated heterocycles. The first-order chi connectivity index (χ1) is 13.0. The second-order valence-corrected chi connectivity index (χ2v) is 7.68. The smallest absolute Gasteiger partial charge is 0.227 e. The average molecular weight is 377 g/mol. The van der Waals surface area contributed by atoms with Crippen LogP contribution in [0.4, 0.5) is 11.8 Å². The van der Waals surface area contributed by atoms with E-state index in [4.69, 9.17) is 4.98 Å². The van der Waals surface area contributed by atoms with E-state index in [1.165, 1.54) is 12.8 Å². The maximum absolute atomic E-state index is 11.7. The zero-order valence-corrected chi connectivity index (χ0v) is 16.7. The lowest BCUT2D eigenvalue weighted by Gasteiger charge is -2.34. The van der Waals surface area contributed by atoms with Gasteiger partial charge < -0.3 is 20.2 Å². The fourth-order valence-electron chi connectivity index (χ4n) is 3.91. The molecule has 0 aliphatic carbocycles. The maximum Gasteiger partial charge on any atom is 0.227 e. The van der Waals surface area contributed by atoms with Crippen LogP contribution in [0.25, 0.3) is 0 Å². The zero-order chi connectivity index (χ0) is 19.4. The SMILES string of the molecule is CC(=O)N1CCc2c(nc(N(C)C)nc2NCCN2CCCCC2CO)C1. The van der Waals surface area contributed by atoms with E-state index in [0.717, 1.165) is 49.6 Å². The molecular formula is C19H32N6O2. The molecule has 0 aromatic carbocycles. The molecule has 0 saturated carbocycles. The number of aliphatic hydroxyl groups is 1. The number of aliphatic hydroxyl groups excluding tert-OH is 1. The lowest BCUT2D eigenvalue weighted by atomic mass is 10.0. The van der Waals surface area contributed by atoms with E-state index in [1.54, 1.807) is 6.92 Å². The van der Waals surface area contributed by atoms with Gasteiger partial charge in [-0.3, -0.25) is 9.69 Å². The van der Waals surface area contributed by atoms with Gasteiger partial charge in [0.25, 0.3) is 0 Å². The van der Waals surface area contributed by atoms with E-state index in [9.17, 15) is 9.90 Å². The van der Waals surface area contributed by atoms with Crippen molar-refractivity contribution in [3.05, 3.63) is 11.3 Å². The summed E-state index contributed by atoms with van der Waals surface area (Å²) in [5.41, 5.74) is 2.05. The van der Waals surface area contributed by atoms with E-state index >= 15 is 0 Å². The normalized spacial score (nSPS) is 20.3. The van der Waals surface area contributed by atoms with Gasteiger partial charge in [-0.15, -0.1) is 0 Å². The van der Waals surface area contributed by atoms with Crippen LogP contribution in [-0.4, -0.2) is 83.7 Å². The van der Waals surface area contributed by atoms with Crippen molar-refractivity contribution in [1.82, 2.24) is 19.8 Å². The molecule has 3 heterocycles. The van der Waals surface area contributed by atoms with Crippen LogP contribution in [0, 0.1) is 0 Å². The number of hydrogen-bond acceptors (Lipinski definition) is 7. The van der Waals surface area contributed by atoms with Crippen LogP contribution in [0.3, 0.4) is 0 Å². The summed E-state index contributed by atoms with van der Waals surface area (Å²) in [6, 6.07) is 0.279. The average Bonchev–Trinajstić information content (AvgIpc) is 2.67. The van der Waals surface area contributed by atoms with Crippen LogP contribution < -0.4 is 10.2 Å². The highest BCUT2D eigenvalue weighted by Crippen LogP contribution is 2.26. The quantitative estimate of drug-likeness (QED) is 0.756. The van der Waals surface area contributed by atoms with Crippen LogP contribution in [0.1, 0.15) is 37.4 Å². The van der Waals surface area contributed by atoms with Crippen LogP contribution in [0.15, 0.2) is 0 Å². The minimum atomic E-state index is 0.0836. The number of likely N-dealkylation sites (tertiary alicyclic amines) is 1. The summed E-state index contributed by atoms with van der Waals surface area (Å²) >= 11 is 0. The monoisotopic (exact) mass is 376 g/mol. The van der Waals surface area contributed by atoms with E-state index in [-0.39, 0.29) is 18.6 Å². The Balaban J connectivity index is 1.71. The van der Waals surface area contributed by atoms with Crippen molar-refractivity contribution < 1.29 is 9.90 Å². The Morgan fingerprint density at radius 3 is 2.81 bits per heavy atom. The molecule has 1 amide bonds. The molecule has 8 nitrogen and oxygen atoms in total. The third kappa shape index (κ3) is 4.68. The van der Waals surface area contributed by atoms with Crippen LogP contribution >= 0.6 is 0 Å². The third-order valence-corrected chi connectivity index (χ3v) is 5.55. The molecule has 3 rings (SSSR count). The van der Waals surface area contributed by atoms with Gasteiger partial charge in [0.05, 0.1) is 18.8 Å². The Kier molecular flexibility index (Phi) is 6.49. The number of aromatic nitrogens is 2. The lowest BCUT2D eigenvalue weighted by Crippen LogP contribution is -2.44. The van der Waals surface area contributed by atoms with Crippen molar-refractivity contribution in [3.8, 4) is 0 Å². The van der Waals surface area contributed by atoms with Crippen molar-refractivity contribution in [3.63, 3.8) is 0 Å². The van der Waals surface area contributed by atoms with E-state index in [2.05, 4.69) is 15.2 Å². The highest BCUT2D eigenvalue weighted by atomic mass is 16.3. The molecular weight excluding hydrogens is 344 g/mol. The molecule has 150 valence electrons. The summed E-state index contributed by atoms with van der Waals surface area (Å²) in [4.78, 5) is 27.2. The minimum absolute atomic E-state index is 0.0836. The number of carbonyl (C=O) groups excluding carboxylic acids is 1. The topological polar surface area (TPSA) is 84.8 Å². The van der Waals surface area contributed by atoms with Crippen molar-refractivity contribution >= 4 is 17.7 Å². The van der Waals surface area contributed by atoms with Gasteiger partial charge in [0, 0.05) is 52.3 Å². The highest BCUT2D eigenvalue weighted by Gasteiger charge is 2.25. The standard InChI is InChI=1S/C19H32N6O2/c1-14(27)25-10-7-16-17(12-25)21-19(23(2)3)22-18(16)20-8-11-24-9-5-4-6-15(24)13-26/h15,26H,4-13H2,1-3H3,(H,20,21,22). The summed E-state index contributed by atoms with van der Waals surface area (Å²) in [5.74, 6) is 1.62. The predicted octanol–water partition coefficient (Wildman–Crippen LogP) is 0.706. The molecule has 2 N–H and O–H groups in total. The molecule has 27 heavy (non-hydrogen) atoms. The van der Waals surface area contributed by atoms with Crippen molar-refractivity contribution in [1.29, 1.82) is 0 Å². The Bertz CT molecular complexity index is 666.